The largest absolute Gasteiger partial charge is 0.351 e. The van der Waals surface area contributed by atoms with Crippen LogP contribution in [0.5, 0.6) is 0 Å². The van der Waals surface area contributed by atoms with Gasteiger partial charge in [-0.05, 0) is 36.4 Å². The minimum atomic E-state index is -0.299. The summed E-state index contributed by atoms with van der Waals surface area (Å²) in [5, 5.41) is 5.00. The zero-order valence-electron chi connectivity index (χ0n) is 16.3. The van der Waals surface area contributed by atoms with Crippen LogP contribution in [0.1, 0.15) is 24.1 Å². The summed E-state index contributed by atoms with van der Waals surface area (Å²) in [5.74, 6) is -0.250. The summed E-state index contributed by atoms with van der Waals surface area (Å²) in [6, 6.07) is 13.5. The molecule has 0 aliphatic carbocycles. The number of hydrogen-bond acceptors (Lipinski definition) is 4. The van der Waals surface area contributed by atoms with Crippen molar-refractivity contribution in [1.82, 2.24) is 10.2 Å². The van der Waals surface area contributed by atoms with Crippen molar-refractivity contribution in [2.45, 2.75) is 25.8 Å². The number of amides is 3. The highest BCUT2D eigenvalue weighted by Crippen LogP contribution is 2.28. The lowest BCUT2D eigenvalue weighted by atomic mass is 9.94. The van der Waals surface area contributed by atoms with E-state index in [4.69, 9.17) is 0 Å². The SMILES string of the molecule is O=C(NCc1cccs1)C1CCN(C(=O)C2CC(=O)N(c3ccccc3)C2)CC1. The number of carbonyl (C=O) groups excluding carboxylic acids is 3. The van der Waals surface area contributed by atoms with E-state index >= 15 is 0 Å². The molecule has 1 unspecified atom stereocenters. The summed E-state index contributed by atoms with van der Waals surface area (Å²) in [6.07, 6.45) is 1.60. The van der Waals surface area contributed by atoms with Crippen molar-refractivity contribution in [2.24, 2.45) is 11.8 Å². The second kappa shape index (κ2) is 8.78. The number of thiophene rings is 1. The van der Waals surface area contributed by atoms with Crippen LogP contribution in [0.4, 0.5) is 5.69 Å². The summed E-state index contributed by atoms with van der Waals surface area (Å²) in [5.41, 5.74) is 0.842. The molecule has 0 bridgehead atoms. The molecule has 3 amide bonds. The first-order valence-electron chi connectivity index (χ1n) is 10.1. The molecule has 1 atom stereocenters. The highest BCUT2D eigenvalue weighted by molar-refractivity contribution is 7.09. The van der Waals surface area contributed by atoms with Crippen molar-refractivity contribution in [3.8, 4) is 0 Å². The van der Waals surface area contributed by atoms with Crippen LogP contribution < -0.4 is 10.2 Å². The minimum Gasteiger partial charge on any atom is -0.351 e. The molecule has 152 valence electrons. The summed E-state index contributed by atoms with van der Waals surface area (Å²) in [4.78, 5) is 42.4. The first-order valence-corrected chi connectivity index (χ1v) is 10.9. The lowest BCUT2D eigenvalue weighted by molar-refractivity contribution is -0.139. The van der Waals surface area contributed by atoms with Crippen molar-refractivity contribution in [3.63, 3.8) is 0 Å². The van der Waals surface area contributed by atoms with Crippen LogP contribution in [-0.2, 0) is 20.9 Å². The molecule has 3 heterocycles. The Labute approximate surface area is 174 Å². The van der Waals surface area contributed by atoms with E-state index in [0.717, 1.165) is 10.6 Å². The van der Waals surface area contributed by atoms with Crippen molar-refractivity contribution >= 4 is 34.7 Å². The van der Waals surface area contributed by atoms with Gasteiger partial charge in [0, 0.05) is 42.5 Å². The molecule has 29 heavy (non-hydrogen) atoms. The fraction of sp³-hybridized carbons (Fsp3) is 0.409. The second-order valence-corrected chi connectivity index (χ2v) is 8.67. The Bertz CT molecular complexity index is 861. The summed E-state index contributed by atoms with van der Waals surface area (Å²) in [7, 11) is 0. The Morgan fingerprint density at radius 3 is 2.48 bits per heavy atom. The third-order valence-corrected chi connectivity index (χ3v) is 6.61. The quantitative estimate of drug-likeness (QED) is 0.822. The van der Waals surface area contributed by atoms with Gasteiger partial charge in [0.1, 0.15) is 0 Å². The van der Waals surface area contributed by atoms with E-state index in [1.54, 1.807) is 16.2 Å². The van der Waals surface area contributed by atoms with Crippen molar-refractivity contribution in [1.29, 1.82) is 0 Å². The smallest absolute Gasteiger partial charge is 0.228 e. The third-order valence-electron chi connectivity index (χ3n) is 5.74. The van der Waals surface area contributed by atoms with Crippen molar-refractivity contribution in [2.75, 3.05) is 24.5 Å². The van der Waals surface area contributed by atoms with Crippen LogP contribution in [0.2, 0.25) is 0 Å². The Hall–Kier alpha value is -2.67. The van der Waals surface area contributed by atoms with E-state index < -0.39 is 0 Å². The van der Waals surface area contributed by atoms with Gasteiger partial charge in [-0.15, -0.1) is 11.3 Å². The molecule has 2 fully saturated rings. The molecule has 2 aliphatic heterocycles. The van der Waals surface area contributed by atoms with E-state index in [1.165, 1.54) is 0 Å². The van der Waals surface area contributed by atoms with Crippen LogP contribution in [0, 0.1) is 11.8 Å². The van der Waals surface area contributed by atoms with Gasteiger partial charge >= 0.3 is 0 Å². The van der Waals surface area contributed by atoms with Gasteiger partial charge in [-0.2, -0.15) is 0 Å². The van der Waals surface area contributed by atoms with Crippen LogP contribution >= 0.6 is 11.3 Å². The number of carbonyl (C=O) groups is 3. The number of nitrogens with zero attached hydrogens (tertiary/aromatic N) is 2. The van der Waals surface area contributed by atoms with Crippen LogP contribution in [0.25, 0.3) is 0 Å². The molecule has 2 aromatic rings. The number of para-hydroxylation sites is 1. The number of hydrogen-bond donors (Lipinski definition) is 1. The van der Waals surface area contributed by atoms with Gasteiger partial charge in [-0.1, -0.05) is 24.3 Å². The van der Waals surface area contributed by atoms with E-state index in [2.05, 4.69) is 5.32 Å². The zero-order chi connectivity index (χ0) is 20.2. The molecule has 0 radical (unpaired) electrons. The van der Waals surface area contributed by atoms with Crippen molar-refractivity contribution in [3.05, 3.63) is 52.7 Å². The Kier molecular flexibility index (Phi) is 5.94. The Morgan fingerprint density at radius 2 is 1.79 bits per heavy atom. The number of nitrogens with one attached hydrogen (secondary N) is 1. The van der Waals surface area contributed by atoms with Crippen LogP contribution in [0.3, 0.4) is 0 Å². The van der Waals surface area contributed by atoms with E-state index in [-0.39, 0.29) is 36.0 Å². The Balaban J connectivity index is 1.27. The standard InChI is InChI=1S/C22H25N3O3S/c26-20-13-17(15-25(20)18-5-2-1-3-6-18)22(28)24-10-8-16(9-11-24)21(27)23-14-19-7-4-12-29-19/h1-7,12,16-17H,8-11,13-15H2,(H,23,27). The monoisotopic (exact) mass is 411 g/mol. The maximum absolute atomic E-state index is 12.9. The van der Waals surface area contributed by atoms with E-state index in [0.29, 0.717) is 39.0 Å². The molecule has 0 saturated carbocycles. The molecule has 1 aromatic carbocycles. The highest BCUT2D eigenvalue weighted by Gasteiger charge is 2.38. The average molecular weight is 412 g/mol. The minimum absolute atomic E-state index is 0.00242. The number of piperidine rings is 1. The number of benzene rings is 1. The maximum atomic E-state index is 12.9. The van der Waals surface area contributed by atoms with Gasteiger partial charge in [0.15, 0.2) is 0 Å². The van der Waals surface area contributed by atoms with Gasteiger partial charge in [0.25, 0.3) is 0 Å². The molecule has 1 N–H and O–H groups in total. The molecule has 2 aliphatic rings. The summed E-state index contributed by atoms with van der Waals surface area (Å²) in [6.45, 7) is 2.15. The van der Waals surface area contributed by atoms with Crippen molar-refractivity contribution < 1.29 is 14.4 Å². The maximum Gasteiger partial charge on any atom is 0.228 e. The third kappa shape index (κ3) is 4.50. The molecule has 2 saturated heterocycles. The first-order chi connectivity index (χ1) is 14.1. The molecule has 0 spiro atoms. The normalized spacial score (nSPS) is 20.1. The lowest BCUT2D eigenvalue weighted by Gasteiger charge is -2.32. The zero-order valence-corrected chi connectivity index (χ0v) is 17.1. The average Bonchev–Trinajstić information content (AvgIpc) is 3.42. The van der Waals surface area contributed by atoms with Crippen LogP contribution in [-0.4, -0.2) is 42.3 Å². The summed E-state index contributed by atoms with van der Waals surface area (Å²) < 4.78 is 0. The topological polar surface area (TPSA) is 69.7 Å². The molecule has 1 aromatic heterocycles. The number of rotatable bonds is 5. The fourth-order valence-electron chi connectivity index (χ4n) is 4.08. The summed E-state index contributed by atoms with van der Waals surface area (Å²) >= 11 is 1.63. The van der Waals surface area contributed by atoms with Gasteiger partial charge < -0.3 is 15.1 Å². The molecule has 6 nitrogen and oxygen atoms in total. The molecular formula is C22H25N3O3S. The Morgan fingerprint density at radius 1 is 1.03 bits per heavy atom. The van der Waals surface area contributed by atoms with Gasteiger partial charge in [-0.3, -0.25) is 14.4 Å². The lowest BCUT2D eigenvalue weighted by Crippen LogP contribution is -2.45. The van der Waals surface area contributed by atoms with E-state index in [9.17, 15) is 14.4 Å². The molecule has 7 heteroatoms. The molecule has 4 rings (SSSR count). The first kappa shape index (κ1) is 19.6. The van der Waals surface area contributed by atoms with Gasteiger partial charge in [-0.25, -0.2) is 0 Å². The predicted octanol–water partition coefficient (Wildman–Crippen LogP) is 2.66. The fourth-order valence-corrected chi connectivity index (χ4v) is 4.73. The van der Waals surface area contributed by atoms with E-state index in [1.807, 2.05) is 52.7 Å². The number of anilines is 1. The second-order valence-electron chi connectivity index (χ2n) is 7.64. The van der Waals surface area contributed by atoms with Gasteiger partial charge in [0.05, 0.1) is 12.5 Å². The molecular weight excluding hydrogens is 386 g/mol. The predicted molar refractivity (Wildman–Crippen MR) is 112 cm³/mol. The van der Waals surface area contributed by atoms with Gasteiger partial charge in [0.2, 0.25) is 17.7 Å². The van der Waals surface area contributed by atoms with Crippen LogP contribution in [0.15, 0.2) is 47.8 Å². The highest BCUT2D eigenvalue weighted by atomic mass is 32.1. The number of likely N-dealkylation sites (tertiary alicyclic amines) is 1.